The molecule has 0 unspecified atom stereocenters. The van der Waals surface area contributed by atoms with Crippen molar-refractivity contribution in [2.45, 2.75) is 77.5 Å². The van der Waals surface area contributed by atoms with Crippen LogP contribution in [-0.4, -0.2) is 28.7 Å². The number of carbonyl (C=O) groups excluding carboxylic acids is 1. The number of hydrogen-bond donors (Lipinski definition) is 2. The molecular weight excluding hydrogens is 334 g/mol. The predicted molar refractivity (Wildman–Crippen MR) is 102 cm³/mol. The first-order chi connectivity index (χ1) is 12.2. The number of ether oxygens (including phenoxy) is 1. The number of alkyl carbamates (subject to hydrolysis) is 1. The van der Waals surface area contributed by atoms with Crippen LogP contribution < -0.4 is 10.6 Å². The van der Waals surface area contributed by atoms with Crippen LogP contribution in [0.25, 0.3) is 0 Å². The summed E-state index contributed by atoms with van der Waals surface area (Å²) in [6.07, 6.45) is 3.76. The van der Waals surface area contributed by atoms with Crippen molar-refractivity contribution in [1.82, 2.24) is 5.32 Å². The Kier molecular flexibility index (Phi) is 6.45. The van der Waals surface area contributed by atoms with Crippen LogP contribution >= 0.6 is 0 Å². The van der Waals surface area contributed by atoms with E-state index in [0.717, 1.165) is 37.7 Å². The third kappa shape index (κ3) is 5.89. The highest BCUT2D eigenvalue weighted by molar-refractivity contribution is 5.68. The molecule has 0 atom stereocenters. The zero-order chi connectivity index (χ0) is 19.3. The zero-order valence-corrected chi connectivity index (χ0v) is 16.0. The summed E-state index contributed by atoms with van der Waals surface area (Å²) in [6.45, 7) is 7.54. The maximum absolute atomic E-state index is 11.9. The van der Waals surface area contributed by atoms with Crippen molar-refractivity contribution in [3.63, 3.8) is 0 Å². The predicted octanol–water partition coefficient (Wildman–Crippen LogP) is 4.41. The van der Waals surface area contributed by atoms with Crippen molar-refractivity contribution in [2.24, 2.45) is 0 Å². The Balaban J connectivity index is 1.91. The number of nitrogens with one attached hydrogen (secondary N) is 2. The highest BCUT2D eigenvalue weighted by Gasteiger charge is 2.26. The second-order valence-electron chi connectivity index (χ2n) is 7.80. The average Bonchev–Trinajstić information content (AvgIpc) is 2.54. The number of nitro groups is 1. The van der Waals surface area contributed by atoms with Crippen LogP contribution in [0.2, 0.25) is 0 Å². The second-order valence-corrected chi connectivity index (χ2v) is 7.80. The van der Waals surface area contributed by atoms with E-state index in [0.29, 0.717) is 5.69 Å². The number of anilines is 1. The van der Waals surface area contributed by atoms with Crippen LogP contribution in [0.3, 0.4) is 0 Å². The van der Waals surface area contributed by atoms with E-state index in [4.69, 9.17) is 4.74 Å². The molecule has 0 aliphatic heterocycles. The van der Waals surface area contributed by atoms with Gasteiger partial charge in [0.1, 0.15) is 11.3 Å². The van der Waals surface area contributed by atoms with Gasteiger partial charge in [-0.25, -0.2) is 4.79 Å². The van der Waals surface area contributed by atoms with E-state index >= 15 is 0 Å². The average molecular weight is 363 g/mol. The van der Waals surface area contributed by atoms with Gasteiger partial charge in [-0.1, -0.05) is 13.0 Å². The summed E-state index contributed by atoms with van der Waals surface area (Å²) in [6, 6.07) is 5.47. The van der Waals surface area contributed by atoms with E-state index in [9.17, 15) is 14.9 Å². The van der Waals surface area contributed by atoms with E-state index in [-0.39, 0.29) is 28.8 Å². The minimum Gasteiger partial charge on any atom is -0.444 e. The molecule has 7 nitrogen and oxygen atoms in total. The molecule has 1 saturated carbocycles. The molecule has 0 spiro atoms. The Bertz CT molecular complexity index is 647. The van der Waals surface area contributed by atoms with E-state index in [1.807, 2.05) is 33.8 Å². The quantitative estimate of drug-likeness (QED) is 0.597. The van der Waals surface area contributed by atoms with Gasteiger partial charge in [0.15, 0.2) is 0 Å². The zero-order valence-electron chi connectivity index (χ0n) is 16.0. The molecule has 2 N–H and O–H groups in total. The number of aryl methyl sites for hydroxylation is 1. The minimum atomic E-state index is -0.508. The van der Waals surface area contributed by atoms with Gasteiger partial charge in [-0.2, -0.15) is 0 Å². The summed E-state index contributed by atoms with van der Waals surface area (Å²) < 4.78 is 5.29. The first-order valence-corrected chi connectivity index (χ1v) is 9.21. The fourth-order valence-corrected chi connectivity index (χ4v) is 3.15. The van der Waals surface area contributed by atoms with E-state index in [2.05, 4.69) is 10.6 Å². The molecule has 0 heterocycles. The normalized spacial score (nSPS) is 20.3. The summed E-state index contributed by atoms with van der Waals surface area (Å²) in [7, 11) is 0. The van der Waals surface area contributed by atoms with E-state index in [1.165, 1.54) is 0 Å². The lowest BCUT2D eigenvalue weighted by molar-refractivity contribution is -0.384. The van der Waals surface area contributed by atoms with Crippen LogP contribution in [-0.2, 0) is 11.2 Å². The highest BCUT2D eigenvalue weighted by atomic mass is 16.6. The second kappa shape index (κ2) is 8.38. The van der Waals surface area contributed by atoms with Crippen LogP contribution in [0.4, 0.5) is 16.2 Å². The summed E-state index contributed by atoms with van der Waals surface area (Å²) in [5.74, 6) is 0. The molecule has 1 aliphatic carbocycles. The third-order valence-electron chi connectivity index (χ3n) is 4.47. The number of carbonyl (C=O) groups is 1. The smallest absolute Gasteiger partial charge is 0.407 e. The molecule has 0 saturated heterocycles. The first kappa shape index (κ1) is 20.0. The molecule has 1 aromatic carbocycles. The van der Waals surface area contributed by atoms with Crippen LogP contribution in [0.1, 0.15) is 58.9 Å². The summed E-state index contributed by atoms with van der Waals surface area (Å²) in [4.78, 5) is 22.8. The fraction of sp³-hybridized carbons (Fsp3) is 0.632. The fourth-order valence-electron chi connectivity index (χ4n) is 3.15. The number of nitro benzene ring substituents is 1. The number of hydrogen-bond acceptors (Lipinski definition) is 5. The SMILES string of the molecule is CCc1ccc([N+](=O)[O-])c(NC2CCC(NC(=O)OC(C)(C)C)CC2)c1. The maximum Gasteiger partial charge on any atom is 0.407 e. The van der Waals surface area contributed by atoms with Crippen molar-refractivity contribution in [3.05, 3.63) is 33.9 Å². The van der Waals surface area contributed by atoms with Crippen LogP contribution in [0, 0.1) is 10.1 Å². The minimum absolute atomic E-state index is 0.0832. The topological polar surface area (TPSA) is 93.5 Å². The molecular formula is C19H29N3O4. The van der Waals surface area contributed by atoms with Gasteiger partial charge in [0.25, 0.3) is 5.69 Å². The van der Waals surface area contributed by atoms with Crippen molar-refractivity contribution in [3.8, 4) is 0 Å². The van der Waals surface area contributed by atoms with E-state index < -0.39 is 5.60 Å². The molecule has 0 radical (unpaired) electrons. The molecule has 1 amide bonds. The van der Waals surface area contributed by atoms with Gasteiger partial charge >= 0.3 is 6.09 Å². The molecule has 7 heteroatoms. The molecule has 1 aliphatic rings. The van der Waals surface area contributed by atoms with Crippen molar-refractivity contribution < 1.29 is 14.5 Å². The lowest BCUT2D eigenvalue weighted by Gasteiger charge is -2.31. The van der Waals surface area contributed by atoms with Gasteiger partial charge in [-0.05, 0) is 64.5 Å². The molecule has 1 fully saturated rings. The monoisotopic (exact) mass is 363 g/mol. The molecule has 0 aromatic heterocycles. The molecule has 1 aromatic rings. The Morgan fingerprint density at radius 2 is 1.85 bits per heavy atom. The standard InChI is InChI=1S/C19H29N3O4/c1-5-13-6-11-17(22(24)25)16(12-13)20-14-7-9-15(10-8-14)21-18(23)26-19(2,3)4/h6,11-12,14-15,20H,5,7-10H2,1-4H3,(H,21,23). The Labute approximate surface area is 154 Å². The van der Waals surface area contributed by atoms with Crippen LogP contribution in [0.15, 0.2) is 18.2 Å². The molecule has 2 rings (SSSR count). The summed E-state index contributed by atoms with van der Waals surface area (Å²) in [5, 5.41) is 17.5. The van der Waals surface area contributed by atoms with Gasteiger partial charge in [-0.3, -0.25) is 10.1 Å². The summed E-state index contributed by atoms with van der Waals surface area (Å²) >= 11 is 0. The number of nitrogens with zero attached hydrogens (tertiary/aromatic N) is 1. The lowest BCUT2D eigenvalue weighted by Crippen LogP contribution is -2.42. The Morgan fingerprint density at radius 3 is 2.38 bits per heavy atom. The van der Waals surface area contributed by atoms with Crippen LogP contribution in [0.5, 0.6) is 0 Å². The van der Waals surface area contributed by atoms with Crippen molar-refractivity contribution in [2.75, 3.05) is 5.32 Å². The number of rotatable bonds is 5. The van der Waals surface area contributed by atoms with Gasteiger partial charge < -0.3 is 15.4 Å². The largest absolute Gasteiger partial charge is 0.444 e. The van der Waals surface area contributed by atoms with Crippen molar-refractivity contribution in [1.29, 1.82) is 0 Å². The Morgan fingerprint density at radius 1 is 1.23 bits per heavy atom. The highest BCUT2D eigenvalue weighted by Crippen LogP contribution is 2.29. The maximum atomic E-state index is 11.9. The van der Waals surface area contributed by atoms with Gasteiger partial charge in [0.2, 0.25) is 0 Å². The Hall–Kier alpha value is -2.31. The van der Waals surface area contributed by atoms with E-state index in [1.54, 1.807) is 12.1 Å². The third-order valence-corrected chi connectivity index (χ3v) is 4.47. The van der Waals surface area contributed by atoms with Crippen molar-refractivity contribution >= 4 is 17.5 Å². The number of amides is 1. The molecule has 0 bridgehead atoms. The lowest BCUT2D eigenvalue weighted by atomic mass is 9.91. The number of benzene rings is 1. The first-order valence-electron chi connectivity index (χ1n) is 9.21. The van der Waals surface area contributed by atoms with Gasteiger partial charge in [0.05, 0.1) is 4.92 Å². The summed E-state index contributed by atoms with van der Waals surface area (Å²) in [5.41, 5.74) is 1.25. The molecule has 26 heavy (non-hydrogen) atoms. The molecule has 144 valence electrons. The van der Waals surface area contributed by atoms with Gasteiger partial charge in [-0.15, -0.1) is 0 Å². The van der Waals surface area contributed by atoms with Gasteiger partial charge in [0, 0.05) is 18.2 Å².